The zero-order valence-electron chi connectivity index (χ0n) is 8.84. The molecule has 1 heterocycles. The van der Waals surface area contributed by atoms with Gasteiger partial charge in [-0.25, -0.2) is 0 Å². The third-order valence-corrected chi connectivity index (χ3v) is 2.69. The van der Waals surface area contributed by atoms with Crippen molar-refractivity contribution >= 4 is 5.91 Å². The summed E-state index contributed by atoms with van der Waals surface area (Å²) in [6, 6.07) is 0.641. The Hall–Kier alpha value is -0.570. The van der Waals surface area contributed by atoms with Gasteiger partial charge in [0.25, 0.3) is 0 Å². The van der Waals surface area contributed by atoms with Crippen molar-refractivity contribution in [3.05, 3.63) is 0 Å². The van der Waals surface area contributed by atoms with Gasteiger partial charge < -0.3 is 10.2 Å². The van der Waals surface area contributed by atoms with Crippen LogP contribution in [0.25, 0.3) is 0 Å². The lowest BCUT2D eigenvalue weighted by molar-refractivity contribution is -0.119. The Labute approximate surface area is 80.5 Å². The molecule has 3 nitrogen and oxygen atoms in total. The summed E-state index contributed by atoms with van der Waals surface area (Å²) in [4.78, 5) is 13.2. The molecular formula is C10H20N2O. The predicted molar refractivity (Wildman–Crippen MR) is 53.5 cm³/mol. The van der Waals surface area contributed by atoms with E-state index in [0.29, 0.717) is 12.0 Å². The molecule has 3 heteroatoms. The van der Waals surface area contributed by atoms with Crippen LogP contribution in [0.4, 0.5) is 0 Å². The van der Waals surface area contributed by atoms with Crippen molar-refractivity contribution in [2.75, 3.05) is 19.6 Å². The first-order valence-electron chi connectivity index (χ1n) is 5.08. The minimum absolute atomic E-state index is 0.0861. The van der Waals surface area contributed by atoms with Crippen LogP contribution in [0.3, 0.4) is 0 Å². The molecule has 1 atom stereocenters. The molecule has 0 aromatic rings. The van der Waals surface area contributed by atoms with Crippen LogP contribution in [0.5, 0.6) is 0 Å². The normalized spacial score (nSPS) is 23.8. The van der Waals surface area contributed by atoms with Crippen LogP contribution in [0.2, 0.25) is 0 Å². The predicted octanol–water partition coefficient (Wildman–Crippen LogP) is 0.853. The van der Waals surface area contributed by atoms with Crippen LogP contribution >= 0.6 is 0 Å². The third-order valence-electron chi connectivity index (χ3n) is 2.69. The Kier molecular flexibility index (Phi) is 3.72. The van der Waals surface area contributed by atoms with Crippen molar-refractivity contribution in [3.63, 3.8) is 0 Å². The molecule has 1 amide bonds. The van der Waals surface area contributed by atoms with Gasteiger partial charge in [-0.2, -0.15) is 0 Å². The Morgan fingerprint density at radius 1 is 1.62 bits per heavy atom. The third kappa shape index (κ3) is 3.35. The molecule has 1 N–H and O–H groups in total. The maximum absolute atomic E-state index is 10.7. The molecule has 76 valence electrons. The highest BCUT2D eigenvalue weighted by Crippen LogP contribution is 2.17. The van der Waals surface area contributed by atoms with Crippen LogP contribution in [0, 0.1) is 5.92 Å². The van der Waals surface area contributed by atoms with Crippen molar-refractivity contribution in [1.82, 2.24) is 10.2 Å². The molecule has 0 aliphatic carbocycles. The van der Waals surface area contributed by atoms with Gasteiger partial charge in [0, 0.05) is 26.1 Å². The number of likely N-dealkylation sites (tertiary alicyclic amines) is 1. The Morgan fingerprint density at radius 2 is 2.31 bits per heavy atom. The topological polar surface area (TPSA) is 32.3 Å². The quantitative estimate of drug-likeness (QED) is 0.705. The Bertz CT molecular complexity index is 180. The number of hydrogen-bond acceptors (Lipinski definition) is 2. The molecule has 1 unspecified atom stereocenters. The first-order chi connectivity index (χ1) is 6.09. The van der Waals surface area contributed by atoms with E-state index >= 15 is 0 Å². The average Bonchev–Trinajstić information content (AvgIpc) is 2.48. The Morgan fingerprint density at radius 3 is 2.77 bits per heavy atom. The molecule has 0 aromatic heterocycles. The lowest BCUT2D eigenvalue weighted by Crippen LogP contribution is -2.31. The largest absolute Gasteiger partial charge is 0.356 e. The smallest absolute Gasteiger partial charge is 0.216 e. The minimum atomic E-state index is 0.0861. The lowest BCUT2D eigenvalue weighted by atomic mass is 10.1. The molecule has 0 saturated carbocycles. The van der Waals surface area contributed by atoms with Crippen molar-refractivity contribution < 1.29 is 4.79 Å². The highest BCUT2D eigenvalue weighted by molar-refractivity contribution is 5.72. The molecule has 0 aromatic carbocycles. The summed E-state index contributed by atoms with van der Waals surface area (Å²) >= 11 is 0. The molecule has 0 spiro atoms. The van der Waals surface area contributed by atoms with Crippen LogP contribution < -0.4 is 5.32 Å². The fourth-order valence-corrected chi connectivity index (χ4v) is 1.79. The minimum Gasteiger partial charge on any atom is -0.356 e. The summed E-state index contributed by atoms with van der Waals surface area (Å²) in [6.45, 7) is 9.19. The molecule has 1 aliphatic heterocycles. The first kappa shape index (κ1) is 10.5. The van der Waals surface area contributed by atoms with Gasteiger partial charge in [-0.3, -0.25) is 4.79 Å². The van der Waals surface area contributed by atoms with Crippen molar-refractivity contribution in [2.24, 2.45) is 5.92 Å². The van der Waals surface area contributed by atoms with Gasteiger partial charge in [-0.05, 0) is 32.7 Å². The summed E-state index contributed by atoms with van der Waals surface area (Å²) in [7, 11) is 0. The maximum atomic E-state index is 10.7. The number of carbonyl (C=O) groups is 1. The van der Waals surface area contributed by atoms with E-state index in [1.54, 1.807) is 6.92 Å². The van der Waals surface area contributed by atoms with Gasteiger partial charge in [-0.15, -0.1) is 0 Å². The van der Waals surface area contributed by atoms with E-state index in [1.807, 2.05) is 0 Å². The van der Waals surface area contributed by atoms with E-state index < -0.39 is 0 Å². The number of amides is 1. The van der Waals surface area contributed by atoms with Gasteiger partial charge in [0.05, 0.1) is 0 Å². The van der Waals surface area contributed by atoms with Crippen LogP contribution in [0.15, 0.2) is 0 Å². The van der Waals surface area contributed by atoms with Gasteiger partial charge in [0.1, 0.15) is 0 Å². The van der Waals surface area contributed by atoms with E-state index in [9.17, 15) is 4.79 Å². The van der Waals surface area contributed by atoms with E-state index in [2.05, 4.69) is 24.1 Å². The zero-order valence-corrected chi connectivity index (χ0v) is 8.84. The number of carbonyl (C=O) groups excluding carboxylic acids is 1. The van der Waals surface area contributed by atoms with Crippen molar-refractivity contribution in [2.45, 2.75) is 33.2 Å². The second-order valence-corrected chi connectivity index (χ2v) is 4.18. The molecule has 0 radical (unpaired) electrons. The molecular weight excluding hydrogens is 164 g/mol. The number of nitrogens with one attached hydrogen (secondary N) is 1. The molecule has 1 aliphatic rings. The van der Waals surface area contributed by atoms with Crippen molar-refractivity contribution in [3.8, 4) is 0 Å². The van der Waals surface area contributed by atoms with E-state index in [4.69, 9.17) is 0 Å². The fraction of sp³-hybridized carbons (Fsp3) is 0.900. The van der Waals surface area contributed by atoms with Gasteiger partial charge in [0.15, 0.2) is 0 Å². The van der Waals surface area contributed by atoms with E-state index in [-0.39, 0.29) is 5.91 Å². The number of rotatable bonds is 3. The monoisotopic (exact) mass is 184 g/mol. The lowest BCUT2D eigenvalue weighted by Gasteiger charge is -2.20. The van der Waals surface area contributed by atoms with E-state index in [1.165, 1.54) is 13.0 Å². The Balaban J connectivity index is 2.21. The number of hydrogen-bond donors (Lipinski definition) is 1. The summed E-state index contributed by atoms with van der Waals surface area (Å²) < 4.78 is 0. The second kappa shape index (κ2) is 4.61. The van der Waals surface area contributed by atoms with Gasteiger partial charge in [-0.1, -0.05) is 0 Å². The summed E-state index contributed by atoms with van der Waals surface area (Å²) in [5.74, 6) is 0.745. The maximum Gasteiger partial charge on any atom is 0.216 e. The average molecular weight is 184 g/mol. The standard InChI is InChI=1S/C10H20N2O/c1-8(2)12-5-4-10(7-12)6-11-9(3)13/h8,10H,4-7H2,1-3H3,(H,11,13). The van der Waals surface area contributed by atoms with Crippen LogP contribution in [0.1, 0.15) is 27.2 Å². The zero-order chi connectivity index (χ0) is 9.84. The summed E-state index contributed by atoms with van der Waals surface area (Å²) in [6.07, 6.45) is 1.22. The van der Waals surface area contributed by atoms with Crippen LogP contribution in [-0.2, 0) is 4.79 Å². The van der Waals surface area contributed by atoms with Gasteiger partial charge in [0.2, 0.25) is 5.91 Å². The first-order valence-corrected chi connectivity index (χ1v) is 5.08. The van der Waals surface area contributed by atoms with Gasteiger partial charge >= 0.3 is 0 Å². The summed E-state index contributed by atoms with van der Waals surface area (Å²) in [5.41, 5.74) is 0. The SMILES string of the molecule is CC(=O)NCC1CCN(C(C)C)C1. The fourth-order valence-electron chi connectivity index (χ4n) is 1.79. The molecule has 1 rings (SSSR count). The molecule has 13 heavy (non-hydrogen) atoms. The van der Waals surface area contributed by atoms with Crippen LogP contribution in [-0.4, -0.2) is 36.5 Å². The molecule has 1 saturated heterocycles. The second-order valence-electron chi connectivity index (χ2n) is 4.18. The summed E-state index contributed by atoms with van der Waals surface area (Å²) in [5, 5.41) is 2.88. The molecule has 1 fully saturated rings. The number of nitrogens with zero attached hydrogens (tertiary/aromatic N) is 1. The highest BCUT2D eigenvalue weighted by atomic mass is 16.1. The molecule has 0 bridgehead atoms. The van der Waals surface area contributed by atoms with E-state index in [0.717, 1.165) is 13.1 Å². The highest BCUT2D eigenvalue weighted by Gasteiger charge is 2.23. The van der Waals surface area contributed by atoms with Crippen molar-refractivity contribution in [1.29, 1.82) is 0 Å².